The molecular weight excluding hydrogens is 288 g/mol. The van der Waals surface area contributed by atoms with Gasteiger partial charge in [-0.15, -0.1) is 0 Å². The van der Waals surface area contributed by atoms with Gasteiger partial charge in [0, 0.05) is 18.6 Å². The van der Waals surface area contributed by atoms with Crippen LogP contribution in [0.1, 0.15) is 12.8 Å². The van der Waals surface area contributed by atoms with Gasteiger partial charge in [-0.05, 0) is 37.1 Å². The molecule has 1 aromatic carbocycles. The summed E-state index contributed by atoms with van der Waals surface area (Å²) in [6.45, 7) is 0.364. The molecule has 0 spiro atoms. The second kappa shape index (κ2) is 5.48. The fraction of sp³-hybridized carbons (Fsp3) is 0.417. The number of carbonyl (C=O) groups is 1. The molecule has 1 N–H and O–H groups in total. The van der Waals surface area contributed by atoms with Gasteiger partial charge in [-0.1, -0.05) is 11.6 Å². The van der Waals surface area contributed by atoms with Crippen molar-refractivity contribution in [3.63, 3.8) is 0 Å². The van der Waals surface area contributed by atoms with Gasteiger partial charge in [0.1, 0.15) is 6.04 Å². The number of amides is 1. The predicted octanol–water partition coefficient (Wildman–Crippen LogP) is 1.24. The van der Waals surface area contributed by atoms with E-state index in [1.54, 1.807) is 0 Å². The molecule has 1 atom stereocenters. The lowest BCUT2D eigenvalue weighted by Gasteiger charge is -2.22. The standard InChI is InChI=1S/C12H15ClN2O3S/c1-14-12(16)11-3-2-8-15(11)19(17,18)10-6-4-9(13)5-7-10/h4-7,11H,2-3,8H2,1H3,(H,14,16). The van der Waals surface area contributed by atoms with E-state index in [0.717, 1.165) is 0 Å². The molecule has 1 saturated heterocycles. The molecule has 1 heterocycles. The van der Waals surface area contributed by atoms with E-state index in [-0.39, 0.29) is 10.8 Å². The lowest BCUT2D eigenvalue weighted by atomic mass is 10.2. The highest BCUT2D eigenvalue weighted by molar-refractivity contribution is 7.89. The molecule has 0 aromatic heterocycles. The van der Waals surface area contributed by atoms with Crippen molar-refractivity contribution in [2.45, 2.75) is 23.8 Å². The van der Waals surface area contributed by atoms with E-state index in [1.807, 2.05) is 0 Å². The number of sulfonamides is 1. The lowest BCUT2D eigenvalue weighted by molar-refractivity contribution is -0.123. The maximum absolute atomic E-state index is 12.5. The molecule has 7 heteroatoms. The number of hydrogen-bond donors (Lipinski definition) is 1. The number of rotatable bonds is 3. The van der Waals surface area contributed by atoms with E-state index in [2.05, 4.69) is 5.32 Å². The van der Waals surface area contributed by atoms with Gasteiger partial charge in [0.05, 0.1) is 4.90 Å². The van der Waals surface area contributed by atoms with Gasteiger partial charge >= 0.3 is 0 Å². The Kier molecular flexibility index (Phi) is 4.13. The quantitative estimate of drug-likeness (QED) is 0.913. The zero-order chi connectivity index (χ0) is 14.0. The number of hydrogen-bond acceptors (Lipinski definition) is 3. The average Bonchev–Trinajstić information content (AvgIpc) is 2.88. The minimum absolute atomic E-state index is 0.160. The Balaban J connectivity index is 2.33. The molecule has 2 rings (SSSR count). The predicted molar refractivity (Wildman–Crippen MR) is 72.4 cm³/mol. The Morgan fingerprint density at radius 1 is 1.37 bits per heavy atom. The summed E-state index contributed by atoms with van der Waals surface area (Å²) in [6.07, 6.45) is 1.23. The summed E-state index contributed by atoms with van der Waals surface area (Å²) in [7, 11) is -2.14. The number of carbonyl (C=O) groups excluding carboxylic acids is 1. The lowest BCUT2D eigenvalue weighted by Crippen LogP contribution is -2.44. The van der Waals surface area contributed by atoms with Crippen molar-refractivity contribution in [2.75, 3.05) is 13.6 Å². The third-order valence-electron chi connectivity index (χ3n) is 3.17. The van der Waals surface area contributed by atoms with Crippen molar-refractivity contribution in [2.24, 2.45) is 0 Å². The number of nitrogens with one attached hydrogen (secondary N) is 1. The molecule has 0 saturated carbocycles. The van der Waals surface area contributed by atoms with Crippen LogP contribution in [0.15, 0.2) is 29.2 Å². The van der Waals surface area contributed by atoms with Crippen LogP contribution in [-0.4, -0.2) is 38.3 Å². The van der Waals surface area contributed by atoms with Gasteiger partial charge < -0.3 is 5.32 Å². The van der Waals surface area contributed by atoms with E-state index in [0.29, 0.717) is 24.4 Å². The Bertz CT molecular complexity index is 571. The first-order valence-corrected chi connectivity index (χ1v) is 7.77. The van der Waals surface area contributed by atoms with Crippen molar-refractivity contribution < 1.29 is 13.2 Å². The van der Waals surface area contributed by atoms with E-state index in [4.69, 9.17) is 11.6 Å². The molecule has 0 radical (unpaired) electrons. The fourth-order valence-corrected chi connectivity index (χ4v) is 3.98. The van der Waals surface area contributed by atoms with Gasteiger partial charge in [-0.3, -0.25) is 4.79 Å². The molecule has 1 aromatic rings. The minimum atomic E-state index is -3.65. The van der Waals surface area contributed by atoms with Crippen LogP contribution in [0.25, 0.3) is 0 Å². The smallest absolute Gasteiger partial charge is 0.243 e. The maximum Gasteiger partial charge on any atom is 0.243 e. The first-order chi connectivity index (χ1) is 8.96. The van der Waals surface area contributed by atoms with Crippen molar-refractivity contribution in [3.05, 3.63) is 29.3 Å². The highest BCUT2D eigenvalue weighted by Crippen LogP contribution is 2.26. The summed E-state index contributed by atoms with van der Waals surface area (Å²) in [5, 5.41) is 2.98. The zero-order valence-electron chi connectivity index (χ0n) is 10.5. The van der Waals surface area contributed by atoms with Crippen LogP contribution < -0.4 is 5.32 Å². The SMILES string of the molecule is CNC(=O)C1CCCN1S(=O)(=O)c1ccc(Cl)cc1. The second-order valence-electron chi connectivity index (χ2n) is 4.34. The topological polar surface area (TPSA) is 66.5 Å². The molecule has 1 aliphatic rings. The first-order valence-electron chi connectivity index (χ1n) is 5.96. The van der Waals surface area contributed by atoms with Gasteiger partial charge in [0.15, 0.2) is 0 Å². The number of likely N-dealkylation sites (N-methyl/N-ethyl adjacent to an activating group) is 1. The Hall–Kier alpha value is -1.11. The molecule has 1 fully saturated rings. The third-order valence-corrected chi connectivity index (χ3v) is 5.35. The second-order valence-corrected chi connectivity index (χ2v) is 6.67. The Morgan fingerprint density at radius 2 is 2.00 bits per heavy atom. The molecule has 5 nitrogen and oxygen atoms in total. The normalized spacial score (nSPS) is 20.4. The highest BCUT2D eigenvalue weighted by Gasteiger charge is 2.38. The molecule has 0 aliphatic carbocycles. The average molecular weight is 303 g/mol. The summed E-state index contributed by atoms with van der Waals surface area (Å²) in [6, 6.07) is 5.35. The van der Waals surface area contributed by atoms with Crippen LogP contribution in [0, 0.1) is 0 Å². The van der Waals surface area contributed by atoms with Gasteiger partial charge in [-0.25, -0.2) is 8.42 Å². The molecule has 1 aliphatic heterocycles. The Morgan fingerprint density at radius 3 is 2.58 bits per heavy atom. The highest BCUT2D eigenvalue weighted by atomic mass is 35.5. The zero-order valence-corrected chi connectivity index (χ0v) is 12.0. The summed E-state index contributed by atoms with van der Waals surface area (Å²) in [5.74, 6) is -0.268. The number of nitrogens with zero attached hydrogens (tertiary/aromatic N) is 1. The number of halogens is 1. The molecule has 1 unspecified atom stereocenters. The molecule has 1 amide bonds. The third kappa shape index (κ3) is 2.75. The maximum atomic E-state index is 12.5. The molecule has 104 valence electrons. The molecule has 0 bridgehead atoms. The summed E-state index contributed by atoms with van der Waals surface area (Å²) in [4.78, 5) is 11.9. The monoisotopic (exact) mass is 302 g/mol. The van der Waals surface area contributed by atoms with Crippen LogP contribution in [0.5, 0.6) is 0 Å². The van der Waals surface area contributed by atoms with Gasteiger partial charge in [-0.2, -0.15) is 4.31 Å². The van der Waals surface area contributed by atoms with E-state index in [1.165, 1.54) is 35.6 Å². The van der Waals surface area contributed by atoms with E-state index in [9.17, 15) is 13.2 Å². The first kappa shape index (κ1) is 14.3. The van der Waals surface area contributed by atoms with Crippen LogP contribution in [0.3, 0.4) is 0 Å². The fourth-order valence-electron chi connectivity index (χ4n) is 2.20. The Labute approximate surface area is 117 Å². The summed E-state index contributed by atoms with van der Waals surface area (Å²) in [5.41, 5.74) is 0. The van der Waals surface area contributed by atoms with Crippen LogP contribution in [0.2, 0.25) is 5.02 Å². The minimum Gasteiger partial charge on any atom is -0.358 e. The van der Waals surface area contributed by atoms with E-state index >= 15 is 0 Å². The summed E-state index contributed by atoms with van der Waals surface area (Å²) < 4.78 is 26.2. The van der Waals surface area contributed by atoms with Gasteiger partial charge in [0.2, 0.25) is 15.9 Å². The van der Waals surface area contributed by atoms with Crippen molar-refractivity contribution in [1.29, 1.82) is 0 Å². The van der Waals surface area contributed by atoms with Gasteiger partial charge in [0.25, 0.3) is 0 Å². The van der Waals surface area contributed by atoms with Crippen molar-refractivity contribution in [1.82, 2.24) is 9.62 Å². The van der Waals surface area contributed by atoms with E-state index < -0.39 is 16.1 Å². The largest absolute Gasteiger partial charge is 0.358 e. The van der Waals surface area contributed by atoms with Crippen molar-refractivity contribution in [3.8, 4) is 0 Å². The van der Waals surface area contributed by atoms with Crippen LogP contribution in [-0.2, 0) is 14.8 Å². The summed E-state index contributed by atoms with van der Waals surface area (Å²) >= 11 is 5.75. The molecule has 19 heavy (non-hydrogen) atoms. The van der Waals surface area contributed by atoms with Crippen LogP contribution in [0.4, 0.5) is 0 Å². The number of benzene rings is 1. The molecular formula is C12H15ClN2O3S. The van der Waals surface area contributed by atoms with Crippen LogP contribution >= 0.6 is 11.6 Å². The van der Waals surface area contributed by atoms with Crippen molar-refractivity contribution >= 4 is 27.5 Å².